The lowest BCUT2D eigenvalue weighted by Crippen LogP contribution is -2.15. The second-order valence-electron chi connectivity index (χ2n) is 3.66. The summed E-state index contributed by atoms with van der Waals surface area (Å²) in [5.41, 5.74) is 5.68. The monoisotopic (exact) mass is 287 g/mol. The largest absolute Gasteiger partial charge is 0.375 e. The summed E-state index contributed by atoms with van der Waals surface area (Å²) in [5.74, 6) is -4.85. The first-order valence-corrected chi connectivity index (χ1v) is 5.98. The minimum Gasteiger partial charge on any atom is -0.375 e. The first kappa shape index (κ1) is 13.3. The van der Waals surface area contributed by atoms with E-state index in [0.29, 0.717) is 23.0 Å². The molecule has 0 aliphatic heterocycles. The smallest absolute Gasteiger partial charge is 0.230 e. The maximum atomic E-state index is 12.9. The highest BCUT2D eigenvalue weighted by molar-refractivity contribution is 7.13. The van der Waals surface area contributed by atoms with Crippen LogP contribution >= 0.6 is 11.3 Å². The van der Waals surface area contributed by atoms with Crippen molar-refractivity contribution in [2.75, 3.05) is 11.1 Å². The predicted molar refractivity (Wildman–Crippen MR) is 65.2 cm³/mol. The number of carbonyl (C=O) groups excluding carboxylic acids is 1. The fourth-order valence-corrected chi connectivity index (χ4v) is 1.96. The normalized spacial score (nSPS) is 10.5. The average molecular weight is 287 g/mol. The van der Waals surface area contributed by atoms with Gasteiger partial charge in [-0.1, -0.05) is 0 Å². The highest BCUT2D eigenvalue weighted by atomic mass is 32.1. The van der Waals surface area contributed by atoms with E-state index in [4.69, 9.17) is 5.73 Å². The summed E-state index contributed by atoms with van der Waals surface area (Å²) in [6, 6.07) is 1.40. The van der Waals surface area contributed by atoms with Gasteiger partial charge >= 0.3 is 0 Å². The zero-order valence-electron chi connectivity index (χ0n) is 9.41. The molecule has 1 amide bonds. The van der Waals surface area contributed by atoms with Gasteiger partial charge < -0.3 is 11.1 Å². The molecule has 8 heteroatoms. The van der Waals surface area contributed by atoms with Crippen LogP contribution < -0.4 is 11.1 Å². The number of nitrogens with zero attached hydrogens (tertiary/aromatic N) is 1. The third kappa shape index (κ3) is 3.22. The van der Waals surface area contributed by atoms with E-state index in [1.807, 2.05) is 0 Å². The highest BCUT2D eigenvalue weighted by Crippen LogP contribution is 2.18. The van der Waals surface area contributed by atoms with Gasteiger partial charge in [-0.05, 0) is 0 Å². The van der Waals surface area contributed by atoms with E-state index >= 15 is 0 Å². The Morgan fingerprint density at radius 3 is 2.47 bits per heavy atom. The van der Waals surface area contributed by atoms with Crippen LogP contribution in [0.4, 0.5) is 24.0 Å². The van der Waals surface area contributed by atoms with Crippen molar-refractivity contribution in [2.24, 2.45) is 0 Å². The number of nitrogen functional groups attached to an aromatic ring is 1. The van der Waals surface area contributed by atoms with Gasteiger partial charge in [0.1, 0.15) is 0 Å². The number of rotatable bonds is 3. The Balaban J connectivity index is 2.07. The maximum absolute atomic E-state index is 12.9. The molecule has 0 saturated carbocycles. The average Bonchev–Trinajstić information content (AvgIpc) is 2.71. The van der Waals surface area contributed by atoms with Crippen molar-refractivity contribution in [3.63, 3.8) is 0 Å². The topological polar surface area (TPSA) is 68.0 Å². The van der Waals surface area contributed by atoms with Crippen LogP contribution in [-0.4, -0.2) is 10.9 Å². The van der Waals surface area contributed by atoms with Crippen LogP contribution in [0.2, 0.25) is 0 Å². The molecule has 19 heavy (non-hydrogen) atoms. The quantitative estimate of drug-likeness (QED) is 0.851. The highest BCUT2D eigenvalue weighted by Gasteiger charge is 2.13. The van der Waals surface area contributed by atoms with Crippen molar-refractivity contribution < 1.29 is 18.0 Å². The Morgan fingerprint density at radius 1 is 1.32 bits per heavy atom. The van der Waals surface area contributed by atoms with Gasteiger partial charge in [0.05, 0.1) is 12.1 Å². The Morgan fingerprint density at radius 2 is 1.95 bits per heavy atom. The molecule has 0 unspecified atom stereocenters. The number of halogens is 3. The SMILES string of the molecule is Nc1nc(CC(=O)Nc2cc(F)c(F)c(F)c2)cs1. The van der Waals surface area contributed by atoms with Gasteiger partial charge in [-0.2, -0.15) is 0 Å². The second kappa shape index (κ2) is 5.27. The summed E-state index contributed by atoms with van der Waals surface area (Å²) in [5, 5.41) is 4.17. The van der Waals surface area contributed by atoms with Crippen molar-refractivity contribution >= 4 is 28.1 Å². The molecule has 0 aliphatic rings. The van der Waals surface area contributed by atoms with Crippen molar-refractivity contribution in [1.82, 2.24) is 4.98 Å². The molecule has 4 nitrogen and oxygen atoms in total. The van der Waals surface area contributed by atoms with Gasteiger partial charge in [-0.3, -0.25) is 4.79 Å². The minimum absolute atomic E-state index is 0.0890. The third-order valence-electron chi connectivity index (χ3n) is 2.18. The number of thiazole rings is 1. The summed E-state index contributed by atoms with van der Waals surface area (Å²) in [7, 11) is 0. The number of nitrogens with one attached hydrogen (secondary N) is 1. The molecule has 0 atom stereocenters. The summed E-state index contributed by atoms with van der Waals surface area (Å²) in [4.78, 5) is 15.4. The molecular formula is C11H8F3N3OS. The molecule has 0 saturated heterocycles. The van der Waals surface area contributed by atoms with Crippen molar-refractivity contribution in [3.8, 4) is 0 Å². The van der Waals surface area contributed by atoms with Gasteiger partial charge in [0.15, 0.2) is 22.6 Å². The summed E-state index contributed by atoms with van der Waals surface area (Å²) in [6.45, 7) is 0. The number of amides is 1. The number of aromatic nitrogens is 1. The fourth-order valence-electron chi connectivity index (χ4n) is 1.40. The van der Waals surface area contributed by atoms with Gasteiger partial charge in [0.2, 0.25) is 5.91 Å². The molecule has 0 bridgehead atoms. The fraction of sp³-hybridized carbons (Fsp3) is 0.0909. The maximum Gasteiger partial charge on any atom is 0.230 e. The molecular weight excluding hydrogens is 279 g/mol. The zero-order valence-corrected chi connectivity index (χ0v) is 10.2. The summed E-state index contributed by atoms with van der Waals surface area (Å²) < 4.78 is 38.6. The van der Waals surface area contributed by atoms with Gasteiger partial charge in [-0.25, -0.2) is 18.2 Å². The van der Waals surface area contributed by atoms with Crippen LogP contribution in [0.25, 0.3) is 0 Å². The molecule has 3 N–H and O–H groups in total. The molecule has 0 radical (unpaired) electrons. The minimum atomic E-state index is -1.58. The van der Waals surface area contributed by atoms with E-state index in [2.05, 4.69) is 10.3 Å². The van der Waals surface area contributed by atoms with E-state index in [0.717, 1.165) is 0 Å². The number of nitrogens with two attached hydrogens (primary N) is 1. The molecule has 1 aromatic carbocycles. The Kier molecular flexibility index (Phi) is 3.70. The standard InChI is InChI=1S/C11H8F3N3OS/c12-7-1-5(2-8(13)10(7)14)16-9(18)3-6-4-19-11(15)17-6/h1-2,4H,3H2,(H2,15,17)(H,16,18). The van der Waals surface area contributed by atoms with E-state index in [-0.39, 0.29) is 12.1 Å². The molecule has 0 aliphatic carbocycles. The van der Waals surface area contributed by atoms with Crippen molar-refractivity contribution in [3.05, 3.63) is 40.7 Å². The Bertz CT molecular complexity index is 606. The molecule has 0 fully saturated rings. The van der Waals surface area contributed by atoms with E-state index < -0.39 is 23.4 Å². The first-order chi connectivity index (χ1) is 8.95. The summed E-state index contributed by atoms with van der Waals surface area (Å²) in [6.07, 6.45) is -0.0890. The number of carbonyl (C=O) groups is 1. The summed E-state index contributed by atoms with van der Waals surface area (Å²) >= 11 is 1.18. The van der Waals surface area contributed by atoms with E-state index in [9.17, 15) is 18.0 Å². The van der Waals surface area contributed by atoms with Crippen molar-refractivity contribution in [1.29, 1.82) is 0 Å². The molecule has 100 valence electrons. The lowest BCUT2D eigenvalue weighted by Gasteiger charge is -2.05. The lowest BCUT2D eigenvalue weighted by atomic mass is 10.2. The number of hydrogen-bond acceptors (Lipinski definition) is 4. The number of benzene rings is 1. The van der Waals surface area contributed by atoms with E-state index in [1.165, 1.54) is 11.3 Å². The third-order valence-corrected chi connectivity index (χ3v) is 2.90. The molecule has 2 aromatic rings. The van der Waals surface area contributed by atoms with Gasteiger partial charge in [0, 0.05) is 23.2 Å². The molecule has 2 rings (SSSR count). The molecule has 0 spiro atoms. The first-order valence-electron chi connectivity index (χ1n) is 5.10. The van der Waals surface area contributed by atoms with Crippen LogP contribution in [0, 0.1) is 17.5 Å². The van der Waals surface area contributed by atoms with Crippen LogP contribution in [0.3, 0.4) is 0 Å². The lowest BCUT2D eigenvalue weighted by molar-refractivity contribution is -0.115. The Labute approximate surface area is 110 Å². The molecule has 1 aromatic heterocycles. The van der Waals surface area contributed by atoms with Crippen LogP contribution in [0.15, 0.2) is 17.5 Å². The molecule has 1 heterocycles. The van der Waals surface area contributed by atoms with Crippen molar-refractivity contribution in [2.45, 2.75) is 6.42 Å². The van der Waals surface area contributed by atoms with Crippen LogP contribution in [0.5, 0.6) is 0 Å². The second-order valence-corrected chi connectivity index (χ2v) is 4.55. The van der Waals surface area contributed by atoms with Crippen LogP contribution in [0.1, 0.15) is 5.69 Å². The Hall–Kier alpha value is -2.09. The number of hydrogen-bond donors (Lipinski definition) is 2. The predicted octanol–water partition coefficient (Wildman–Crippen LogP) is 2.32. The number of anilines is 2. The van der Waals surface area contributed by atoms with Crippen LogP contribution in [-0.2, 0) is 11.2 Å². The van der Waals surface area contributed by atoms with Gasteiger partial charge in [-0.15, -0.1) is 11.3 Å². The van der Waals surface area contributed by atoms with Gasteiger partial charge in [0.25, 0.3) is 0 Å². The van der Waals surface area contributed by atoms with E-state index in [1.54, 1.807) is 5.38 Å². The zero-order chi connectivity index (χ0) is 14.0.